The van der Waals surface area contributed by atoms with E-state index >= 15 is 0 Å². The minimum Gasteiger partial charge on any atom is -0.492 e. The highest BCUT2D eigenvalue weighted by molar-refractivity contribution is 6.19. The number of likely N-dealkylation sites (N-methyl/N-ethyl adjacent to an activating group) is 1. The fourth-order valence-corrected chi connectivity index (χ4v) is 5.12. The Bertz CT molecular complexity index is 1110. The molecule has 2 aliphatic rings. The molecule has 0 N–H and O–H groups in total. The molecule has 0 saturated carbocycles. The molecule has 31 heavy (non-hydrogen) atoms. The summed E-state index contributed by atoms with van der Waals surface area (Å²) in [7, 11) is 0. The molecule has 0 unspecified atom stereocenters. The molecule has 5 rings (SSSR count). The van der Waals surface area contributed by atoms with Crippen LogP contribution in [0.2, 0.25) is 0 Å². The van der Waals surface area contributed by atoms with Crippen molar-refractivity contribution in [2.75, 3.05) is 39.5 Å². The van der Waals surface area contributed by atoms with Crippen molar-refractivity contribution in [3.05, 3.63) is 64.9 Å². The summed E-state index contributed by atoms with van der Waals surface area (Å²) in [5.41, 5.74) is 2.92. The third kappa shape index (κ3) is 3.27. The van der Waals surface area contributed by atoms with E-state index in [0.29, 0.717) is 19.8 Å². The minimum absolute atomic E-state index is 0.0433. The molecule has 0 amide bonds. The Morgan fingerprint density at radius 3 is 2.61 bits per heavy atom. The standard InChI is InChI=1S/C26H29NO4/c1-3-27(4-2)13-16-30-18-9-10-19-21(17-18)26(11-14-29-15-12-26)25-23(24(19)28)20-7-5-6-8-22(20)31-25/h5-10,17H,3-4,11-16H2,1-2H3. The number of carbonyl (C=O) groups is 1. The first-order valence-corrected chi connectivity index (χ1v) is 11.3. The number of rotatable bonds is 6. The van der Waals surface area contributed by atoms with Gasteiger partial charge >= 0.3 is 0 Å². The van der Waals surface area contributed by atoms with Crippen molar-refractivity contribution in [3.63, 3.8) is 0 Å². The zero-order valence-electron chi connectivity index (χ0n) is 18.3. The summed E-state index contributed by atoms with van der Waals surface area (Å²) in [4.78, 5) is 15.9. The maximum atomic E-state index is 13.6. The van der Waals surface area contributed by atoms with Crippen molar-refractivity contribution in [2.45, 2.75) is 32.1 Å². The molecule has 0 radical (unpaired) electrons. The van der Waals surface area contributed by atoms with E-state index in [-0.39, 0.29) is 11.2 Å². The third-order valence-electron chi connectivity index (χ3n) is 6.93. The molecular weight excluding hydrogens is 390 g/mol. The lowest BCUT2D eigenvalue weighted by Crippen LogP contribution is -2.40. The van der Waals surface area contributed by atoms with E-state index in [2.05, 4.69) is 24.8 Å². The summed E-state index contributed by atoms with van der Waals surface area (Å²) >= 11 is 0. The van der Waals surface area contributed by atoms with Gasteiger partial charge in [0.15, 0.2) is 5.78 Å². The number of fused-ring (bicyclic) bond motifs is 6. The Balaban J connectivity index is 1.57. The summed E-state index contributed by atoms with van der Waals surface area (Å²) in [5, 5.41) is 0.901. The second-order valence-electron chi connectivity index (χ2n) is 8.41. The van der Waals surface area contributed by atoms with Gasteiger partial charge in [-0.25, -0.2) is 0 Å². The molecule has 2 aromatic carbocycles. The average Bonchev–Trinajstić information content (AvgIpc) is 3.22. The Labute approximate surface area is 182 Å². The van der Waals surface area contributed by atoms with E-state index in [0.717, 1.165) is 71.6 Å². The molecule has 1 aliphatic heterocycles. The normalized spacial score (nSPS) is 17.2. The number of benzene rings is 2. The van der Waals surface area contributed by atoms with Gasteiger partial charge in [-0.3, -0.25) is 4.79 Å². The van der Waals surface area contributed by atoms with Crippen LogP contribution in [0.3, 0.4) is 0 Å². The fourth-order valence-electron chi connectivity index (χ4n) is 5.12. The van der Waals surface area contributed by atoms with E-state index < -0.39 is 0 Å². The first kappa shape index (κ1) is 20.3. The van der Waals surface area contributed by atoms with Crippen LogP contribution >= 0.6 is 0 Å². The number of carbonyl (C=O) groups excluding carboxylic acids is 1. The molecule has 1 spiro atoms. The number of ketones is 1. The van der Waals surface area contributed by atoms with Crippen LogP contribution in [-0.4, -0.2) is 50.1 Å². The van der Waals surface area contributed by atoms with Gasteiger partial charge in [0.05, 0.1) is 11.0 Å². The molecule has 0 bridgehead atoms. The quantitative estimate of drug-likeness (QED) is 0.575. The van der Waals surface area contributed by atoms with Crippen molar-refractivity contribution in [1.29, 1.82) is 0 Å². The van der Waals surface area contributed by atoms with E-state index in [1.165, 1.54) is 0 Å². The number of hydrogen-bond donors (Lipinski definition) is 0. The van der Waals surface area contributed by atoms with Crippen LogP contribution in [0.4, 0.5) is 0 Å². The van der Waals surface area contributed by atoms with Gasteiger partial charge in [-0.1, -0.05) is 32.0 Å². The highest BCUT2D eigenvalue weighted by Crippen LogP contribution is 2.51. The molecule has 1 aromatic heterocycles. The second-order valence-corrected chi connectivity index (χ2v) is 8.41. The third-order valence-corrected chi connectivity index (χ3v) is 6.93. The van der Waals surface area contributed by atoms with Gasteiger partial charge < -0.3 is 18.8 Å². The molecule has 0 atom stereocenters. The molecule has 1 saturated heterocycles. The van der Waals surface area contributed by atoms with Crippen LogP contribution in [0.15, 0.2) is 46.9 Å². The van der Waals surface area contributed by atoms with Crippen molar-refractivity contribution in [3.8, 4) is 5.75 Å². The van der Waals surface area contributed by atoms with Gasteiger partial charge in [-0.05, 0) is 55.8 Å². The van der Waals surface area contributed by atoms with Gasteiger partial charge in [0, 0.05) is 30.7 Å². The smallest absolute Gasteiger partial charge is 0.197 e. The van der Waals surface area contributed by atoms with Gasteiger partial charge in [0.1, 0.15) is 23.7 Å². The van der Waals surface area contributed by atoms with Crippen LogP contribution in [0.1, 0.15) is 53.9 Å². The summed E-state index contributed by atoms with van der Waals surface area (Å²) in [5.74, 6) is 1.65. The minimum atomic E-state index is -0.353. The van der Waals surface area contributed by atoms with E-state index in [1.807, 2.05) is 36.4 Å². The maximum absolute atomic E-state index is 13.6. The highest BCUT2D eigenvalue weighted by atomic mass is 16.5. The zero-order valence-corrected chi connectivity index (χ0v) is 18.3. The summed E-state index contributed by atoms with van der Waals surface area (Å²) in [6.45, 7) is 9.15. The summed E-state index contributed by atoms with van der Waals surface area (Å²) < 4.78 is 18.2. The molecule has 1 fully saturated rings. The van der Waals surface area contributed by atoms with E-state index in [4.69, 9.17) is 13.9 Å². The average molecular weight is 420 g/mol. The lowest BCUT2D eigenvalue weighted by atomic mass is 9.65. The molecule has 5 heteroatoms. The SMILES string of the molecule is CCN(CC)CCOc1ccc2c(c1)C1(CCOCC1)c1oc3ccccc3c1C2=O. The van der Waals surface area contributed by atoms with Crippen molar-refractivity contribution in [2.24, 2.45) is 0 Å². The number of hydrogen-bond acceptors (Lipinski definition) is 5. The first-order valence-electron chi connectivity index (χ1n) is 11.3. The molecule has 3 aromatic rings. The molecule has 2 heterocycles. The van der Waals surface area contributed by atoms with Gasteiger partial charge in [0.2, 0.25) is 0 Å². The maximum Gasteiger partial charge on any atom is 0.197 e. The Morgan fingerprint density at radius 1 is 1.06 bits per heavy atom. The Morgan fingerprint density at radius 2 is 1.84 bits per heavy atom. The predicted octanol–water partition coefficient (Wildman–Crippen LogP) is 4.79. The number of para-hydroxylation sites is 1. The van der Waals surface area contributed by atoms with Gasteiger partial charge in [-0.2, -0.15) is 0 Å². The van der Waals surface area contributed by atoms with Crippen molar-refractivity contribution < 1.29 is 18.7 Å². The van der Waals surface area contributed by atoms with E-state index in [9.17, 15) is 4.79 Å². The molecular formula is C26H29NO4. The van der Waals surface area contributed by atoms with Crippen molar-refractivity contribution in [1.82, 2.24) is 4.90 Å². The lowest BCUT2D eigenvalue weighted by Gasteiger charge is -2.40. The topological polar surface area (TPSA) is 51.9 Å². The number of furan rings is 1. The molecule has 5 nitrogen and oxygen atoms in total. The summed E-state index contributed by atoms with van der Waals surface area (Å²) in [6, 6.07) is 13.8. The summed E-state index contributed by atoms with van der Waals surface area (Å²) in [6.07, 6.45) is 1.59. The zero-order chi connectivity index (χ0) is 21.4. The van der Waals surface area contributed by atoms with Crippen LogP contribution in [0, 0.1) is 0 Å². The van der Waals surface area contributed by atoms with Gasteiger partial charge in [0.25, 0.3) is 0 Å². The largest absolute Gasteiger partial charge is 0.492 e. The van der Waals surface area contributed by atoms with Crippen LogP contribution in [-0.2, 0) is 10.2 Å². The Hall–Kier alpha value is -2.63. The van der Waals surface area contributed by atoms with Crippen molar-refractivity contribution >= 4 is 16.8 Å². The van der Waals surface area contributed by atoms with Gasteiger partial charge in [-0.15, -0.1) is 0 Å². The number of ether oxygens (including phenoxy) is 2. The van der Waals surface area contributed by atoms with E-state index in [1.54, 1.807) is 0 Å². The predicted molar refractivity (Wildman–Crippen MR) is 120 cm³/mol. The highest BCUT2D eigenvalue weighted by Gasteiger charge is 2.48. The fraction of sp³-hybridized carbons (Fsp3) is 0.423. The first-order chi connectivity index (χ1) is 15.2. The second kappa shape index (κ2) is 8.13. The van der Waals surface area contributed by atoms with Crippen LogP contribution in [0.25, 0.3) is 11.0 Å². The van der Waals surface area contributed by atoms with Crippen LogP contribution in [0.5, 0.6) is 5.75 Å². The van der Waals surface area contributed by atoms with Crippen LogP contribution < -0.4 is 4.74 Å². The molecule has 162 valence electrons. The number of nitrogens with zero attached hydrogens (tertiary/aromatic N) is 1. The molecule has 1 aliphatic carbocycles. The lowest BCUT2D eigenvalue weighted by molar-refractivity contribution is 0.0546. The monoisotopic (exact) mass is 419 g/mol. The Kier molecular flexibility index (Phi) is 5.32.